The van der Waals surface area contributed by atoms with E-state index in [9.17, 15) is 9.90 Å². The molecule has 1 amide bonds. The van der Waals surface area contributed by atoms with Crippen molar-refractivity contribution in [1.82, 2.24) is 14.9 Å². The number of nitrogens with zero attached hydrogens (tertiary/aromatic N) is 3. The molecule has 2 unspecified atom stereocenters. The Morgan fingerprint density at radius 3 is 3.00 bits per heavy atom. The van der Waals surface area contributed by atoms with Crippen LogP contribution in [0, 0.1) is 0 Å². The molecule has 0 spiro atoms. The number of amides is 1. The molecule has 2 aromatic rings. The van der Waals surface area contributed by atoms with Crippen LogP contribution in [0.1, 0.15) is 17.3 Å². The molecule has 6 heteroatoms. The normalized spacial score (nSPS) is 22.5. The maximum absolute atomic E-state index is 12.7. The van der Waals surface area contributed by atoms with Gasteiger partial charge in [-0.3, -0.25) is 14.8 Å². The van der Waals surface area contributed by atoms with Crippen LogP contribution in [0.15, 0.2) is 30.6 Å². The summed E-state index contributed by atoms with van der Waals surface area (Å²) in [6.45, 7) is 2.69. The molecule has 1 saturated heterocycles. The first kappa shape index (κ1) is 13.9. The lowest BCUT2D eigenvalue weighted by Crippen LogP contribution is -2.50. The highest BCUT2D eigenvalue weighted by molar-refractivity contribution is 6.04. The van der Waals surface area contributed by atoms with Crippen LogP contribution in [-0.4, -0.2) is 57.8 Å². The summed E-state index contributed by atoms with van der Waals surface area (Å²) in [5.74, 6) is -0.102. The van der Waals surface area contributed by atoms with Gasteiger partial charge in [-0.1, -0.05) is 6.07 Å². The van der Waals surface area contributed by atoms with E-state index in [4.69, 9.17) is 4.74 Å². The number of hydrogen-bond acceptors (Lipinski definition) is 5. The first-order chi connectivity index (χ1) is 10.2. The molecule has 6 nitrogen and oxygen atoms in total. The lowest BCUT2D eigenvalue weighted by Gasteiger charge is -2.36. The number of rotatable bonds is 2. The Morgan fingerprint density at radius 1 is 1.38 bits per heavy atom. The summed E-state index contributed by atoms with van der Waals surface area (Å²) in [7, 11) is 0. The molecule has 1 aromatic carbocycles. The number of para-hydroxylation sites is 1. The van der Waals surface area contributed by atoms with Gasteiger partial charge < -0.3 is 14.7 Å². The smallest absolute Gasteiger partial charge is 0.256 e. The summed E-state index contributed by atoms with van der Waals surface area (Å²) in [5, 5.41) is 9.27. The van der Waals surface area contributed by atoms with Crippen LogP contribution in [0.2, 0.25) is 0 Å². The number of carbonyl (C=O) groups is 1. The molecule has 110 valence electrons. The van der Waals surface area contributed by atoms with E-state index >= 15 is 0 Å². The average molecular weight is 287 g/mol. The Morgan fingerprint density at radius 2 is 2.19 bits per heavy atom. The van der Waals surface area contributed by atoms with Crippen molar-refractivity contribution >= 4 is 16.9 Å². The Kier molecular flexibility index (Phi) is 3.81. The topological polar surface area (TPSA) is 75.6 Å². The zero-order valence-corrected chi connectivity index (χ0v) is 11.8. The van der Waals surface area contributed by atoms with Crippen molar-refractivity contribution in [3.05, 3.63) is 36.2 Å². The van der Waals surface area contributed by atoms with Crippen LogP contribution in [0.25, 0.3) is 11.0 Å². The van der Waals surface area contributed by atoms with Crippen molar-refractivity contribution in [2.75, 3.05) is 19.7 Å². The van der Waals surface area contributed by atoms with Crippen molar-refractivity contribution in [2.45, 2.75) is 19.1 Å². The van der Waals surface area contributed by atoms with E-state index in [-0.39, 0.29) is 24.7 Å². The summed E-state index contributed by atoms with van der Waals surface area (Å²) in [6, 6.07) is 5.39. The van der Waals surface area contributed by atoms with Gasteiger partial charge in [-0.15, -0.1) is 0 Å². The number of hydrogen-bond donors (Lipinski definition) is 1. The molecule has 3 rings (SSSR count). The van der Waals surface area contributed by atoms with E-state index in [2.05, 4.69) is 9.97 Å². The van der Waals surface area contributed by atoms with Gasteiger partial charge in [0.2, 0.25) is 0 Å². The molecular weight excluding hydrogens is 270 g/mol. The van der Waals surface area contributed by atoms with Crippen LogP contribution in [0.4, 0.5) is 0 Å². The molecule has 1 aromatic heterocycles. The summed E-state index contributed by atoms with van der Waals surface area (Å²) >= 11 is 0. The Balaban J connectivity index is 1.93. The van der Waals surface area contributed by atoms with Crippen LogP contribution in [-0.2, 0) is 4.74 Å². The molecule has 0 aliphatic carbocycles. The first-order valence-corrected chi connectivity index (χ1v) is 6.94. The van der Waals surface area contributed by atoms with Crippen LogP contribution in [0.3, 0.4) is 0 Å². The third kappa shape index (κ3) is 2.72. The van der Waals surface area contributed by atoms with Crippen molar-refractivity contribution in [3.8, 4) is 0 Å². The monoisotopic (exact) mass is 287 g/mol. The molecule has 1 aliphatic rings. The lowest BCUT2D eigenvalue weighted by molar-refractivity contribution is -0.0858. The van der Waals surface area contributed by atoms with Gasteiger partial charge in [0.25, 0.3) is 5.91 Å². The van der Waals surface area contributed by atoms with Gasteiger partial charge in [-0.25, -0.2) is 0 Å². The third-order valence-corrected chi connectivity index (χ3v) is 3.55. The molecular formula is C15H17N3O3. The largest absolute Gasteiger partial charge is 0.394 e. The van der Waals surface area contributed by atoms with Crippen molar-refractivity contribution in [1.29, 1.82) is 0 Å². The van der Waals surface area contributed by atoms with E-state index in [1.165, 1.54) is 0 Å². The van der Waals surface area contributed by atoms with E-state index < -0.39 is 0 Å². The van der Waals surface area contributed by atoms with Crippen LogP contribution < -0.4 is 0 Å². The second-order valence-corrected chi connectivity index (χ2v) is 5.19. The molecule has 0 saturated carbocycles. The second kappa shape index (κ2) is 5.75. The van der Waals surface area contributed by atoms with Gasteiger partial charge in [-0.2, -0.15) is 0 Å². The van der Waals surface area contributed by atoms with Crippen molar-refractivity contribution in [3.63, 3.8) is 0 Å². The highest BCUT2D eigenvalue weighted by atomic mass is 16.5. The molecule has 2 heterocycles. The van der Waals surface area contributed by atoms with Gasteiger partial charge >= 0.3 is 0 Å². The number of ether oxygens (including phenoxy) is 1. The summed E-state index contributed by atoms with van der Waals surface area (Å²) in [5.41, 5.74) is 1.83. The maximum Gasteiger partial charge on any atom is 0.256 e. The van der Waals surface area contributed by atoms with Gasteiger partial charge in [0.05, 0.1) is 29.9 Å². The summed E-state index contributed by atoms with van der Waals surface area (Å²) in [6.07, 6.45) is 2.76. The average Bonchev–Trinajstić information content (AvgIpc) is 2.53. The number of aromatic nitrogens is 2. The molecule has 0 radical (unpaired) electrons. The molecule has 1 fully saturated rings. The number of aliphatic hydroxyl groups is 1. The summed E-state index contributed by atoms with van der Waals surface area (Å²) < 4.78 is 5.57. The second-order valence-electron chi connectivity index (χ2n) is 5.19. The number of carbonyl (C=O) groups excluding carboxylic acids is 1. The van der Waals surface area contributed by atoms with Gasteiger partial charge in [0, 0.05) is 25.5 Å². The highest BCUT2D eigenvalue weighted by Gasteiger charge is 2.29. The van der Waals surface area contributed by atoms with E-state index in [1.807, 2.05) is 13.0 Å². The Bertz CT molecular complexity index is 656. The third-order valence-electron chi connectivity index (χ3n) is 3.55. The van der Waals surface area contributed by atoms with Crippen LogP contribution in [0.5, 0.6) is 0 Å². The predicted octanol–water partition coefficient (Wildman–Crippen LogP) is 0.852. The Hall–Kier alpha value is -2.05. The zero-order chi connectivity index (χ0) is 14.8. The molecule has 21 heavy (non-hydrogen) atoms. The van der Waals surface area contributed by atoms with Crippen molar-refractivity contribution < 1.29 is 14.6 Å². The van der Waals surface area contributed by atoms with Crippen molar-refractivity contribution in [2.24, 2.45) is 0 Å². The Labute approximate surface area is 122 Å². The predicted molar refractivity (Wildman–Crippen MR) is 76.9 cm³/mol. The minimum Gasteiger partial charge on any atom is -0.394 e. The number of aliphatic hydroxyl groups excluding tert-OH is 1. The van der Waals surface area contributed by atoms with Gasteiger partial charge in [0.1, 0.15) is 5.52 Å². The highest BCUT2D eigenvalue weighted by Crippen LogP contribution is 2.19. The minimum absolute atomic E-state index is 0.0938. The van der Waals surface area contributed by atoms with Crippen LogP contribution >= 0.6 is 0 Å². The minimum atomic E-state index is -0.334. The van der Waals surface area contributed by atoms with Gasteiger partial charge in [-0.05, 0) is 19.1 Å². The fourth-order valence-electron chi connectivity index (χ4n) is 2.65. The van der Waals surface area contributed by atoms with E-state index in [0.717, 1.165) is 0 Å². The molecule has 1 aliphatic heterocycles. The summed E-state index contributed by atoms with van der Waals surface area (Å²) in [4.78, 5) is 22.9. The quantitative estimate of drug-likeness (QED) is 0.886. The fourth-order valence-corrected chi connectivity index (χ4v) is 2.65. The zero-order valence-electron chi connectivity index (χ0n) is 11.8. The fraction of sp³-hybridized carbons (Fsp3) is 0.400. The molecule has 2 atom stereocenters. The standard InChI is InChI=1S/C15H17N3O3/c1-10-7-18(8-11(9-19)21-10)15(20)12-3-2-4-13-14(12)17-6-5-16-13/h2-6,10-11,19H,7-9H2,1H3. The number of morpholine rings is 1. The van der Waals surface area contributed by atoms with E-state index in [1.54, 1.807) is 29.4 Å². The molecule has 1 N–H and O–H groups in total. The maximum atomic E-state index is 12.7. The first-order valence-electron chi connectivity index (χ1n) is 6.94. The van der Waals surface area contributed by atoms with E-state index in [0.29, 0.717) is 29.7 Å². The molecule has 0 bridgehead atoms. The number of fused-ring (bicyclic) bond motifs is 1. The number of benzene rings is 1. The lowest BCUT2D eigenvalue weighted by atomic mass is 10.1. The van der Waals surface area contributed by atoms with Gasteiger partial charge in [0.15, 0.2) is 0 Å². The SMILES string of the molecule is CC1CN(C(=O)c2cccc3nccnc23)CC(CO)O1.